The normalized spacial score (nSPS) is 21.5. The molecule has 1 aliphatic carbocycles. The van der Waals surface area contributed by atoms with Crippen molar-refractivity contribution in [1.29, 1.82) is 0 Å². The van der Waals surface area contributed by atoms with E-state index in [1.54, 1.807) is 0 Å². The fourth-order valence-corrected chi connectivity index (χ4v) is 1.89. The molecule has 0 saturated heterocycles. The van der Waals surface area contributed by atoms with Gasteiger partial charge in [-0.1, -0.05) is 6.42 Å². The first-order chi connectivity index (χ1) is 6.59. The molecule has 0 spiro atoms. The van der Waals surface area contributed by atoms with Crippen LogP contribution >= 0.6 is 0 Å². The molecule has 0 aromatic carbocycles. The Balaban J connectivity index is 2.90. The highest BCUT2D eigenvalue weighted by molar-refractivity contribution is 5.78. The molecule has 82 valence electrons. The van der Waals surface area contributed by atoms with Crippen molar-refractivity contribution in [1.82, 2.24) is 0 Å². The lowest BCUT2D eigenvalue weighted by molar-refractivity contribution is -0.172. The van der Waals surface area contributed by atoms with E-state index in [0.717, 1.165) is 13.5 Å². The third kappa shape index (κ3) is 1.49. The standard InChI is InChI=1S/C9H15F2NO2/c1-14-8(13)9(5-12,7(10)11)6-3-2-4-6/h6-7H,2-5,12H2,1H3. The van der Waals surface area contributed by atoms with Gasteiger partial charge in [-0.2, -0.15) is 0 Å². The zero-order valence-corrected chi connectivity index (χ0v) is 8.13. The van der Waals surface area contributed by atoms with Gasteiger partial charge in [-0.25, -0.2) is 8.78 Å². The van der Waals surface area contributed by atoms with E-state index < -0.39 is 17.8 Å². The van der Waals surface area contributed by atoms with E-state index in [1.807, 2.05) is 0 Å². The molecule has 1 rings (SSSR count). The number of halogens is 2. The molecule has 0 amide bonds. The monoisotopic (exact) mass is 207 g/mol. The van der Waals surface area contributed by atoms with Crippen LogP contribution in [0.2, 0.25) is 0 Å². The molecule has 1 unspecified atom stereocenters. The molecule has 14 heavy (non-hydrogen) atoms. The molecule has 1 saturated carbocycles. The summed E-state index contributed by atoms with van der Waals surface area (Å²) in [7, 11) is 1.12. The minimum absolute atomic E-state index is 0.319. The number of rotatable bonds is 4. The summed E-state index contributed by atoms with van der Waals surface area (Å²) in [5, 5.41) is 0. The van der Waals surface area contributed by atoms with Crippen molar-refractivity contribution < 1.29 is 18.3 Å². The fourth-order valence-electron chi connectivity index (χ4n) is 1.89. The molecule has 0 aliphatic heterocycles. The first-order valence-electron chi connectivity index (χ1n) is 4.66. The van der Waals surface area contributed by atoms with E-state index in [2.05, 4.69) is 4.74 Å². The van der Waals surface area contributed by atoms with Crippen LogP contribution < -0.4 is 5.73 Å². The summed E-state index contributed by atoms with van der Waals surface area (Å²) >= 11 is 0. The Morgan fingerprint density at radius 2 is 2.21 bits per heavy atom. The van der Waals surface area contributed by atoms with Gasteiger partial charge >= 0.3 is 5.97 Å². The predicted molar refractivity (Wildman–Crippen MR) is 46.8 cm³/mol. The van der Waals surface area contributed by atoms with Crippen molar-refractivity contribution in [2.75, 3.05) is 13.7 Å². The molecule has 0 radical (unpaired) electrons. The van der Waals surface area contributed by atoms with Crippen LogP contribution in [0.1, 0.15) is 19.3 Å². The maximum absolute atomic E-state index is 12.9. The number of hydrogen-bond donors (Lipinski definition) is 1. The number of alkyl halides is 2. The zero-order chi connectivity index (χ0) is 10.8. The van der Waals surface area contributed by atoms with Crippen molar-refractivity contribution in [3.05, 3.63) is 0 Å². The van der Waals surface area contributed by atoms with Gasteiger partial charge in [-0.05, 0) is 18.8 Å². The Kier molecular flexibility index (Phi) is 3.42. The Labute approximate surface area is 81.6 Å². The fraction of sp³-hybridized carbons (Fsp3) is 0.889. The number of carbonyl (C=O) groups is 1. The first-order valence-corrected chi connectivity index (χ1v) is 4.66. The maximum Gasteiger partial charge on any atom is 0.319 e. The average Bonchev–Trinajstić information content (AvgIpc) is 2.09. The van der Waals surface area contributed by atoms with Crippen molar-refractivity contribution >= 4 is 5.97 Å². The average molecular weight is 207 g/mol. The van der Waals surface area contributed by atoms with E-state index in [0.29, 0.717) is 12.8 Å². The topological polar surface area (TPSA) is 52.3 Å². The first kappa shape index (κ1) is 11.4. The second kappa shape index (κ2) is 4.21. The van der Waals surface area contributed by atoms with Gasteiger partial charge in [0.05, 0.1) is 7.11 Å². The summed E-state index contributed by atoms with van der Waals surface area (Å²) < 4.78 is 30.2. The summed E-state index contributed by atoms with van der Waals surface area (Å²) in [4.78, 5) is 11.4. The van der Waals surface area contributed by atoms with Crippen LogP contribution in [0, 0.1) is 11.3 Å². The maximum atomic E-state index is 12.9. The third-order valence-electron chi connectivity index (χ3n) is 3.13. The summed E-state index contributed by atoms with van der Waals surface area (Å²) in [6.07, 6.45) is -0.589. The van der Waals surface area contributed by atoms with Crippen molar-refractivity contribution in [2.45, 2.75) is 25.7 Å². The molecule has 0 heterocycles. The van der Waals surface area contributed by atoms with Crippen LogP contribution in [-0.2, 0) is 9.53 Å². The van der Waals surface area contributed by atoms with Crippen LogP contribution in [0.15, 0.2) is 0 Å². The highest BCUT2D eigenvalue weighted by atomic mass is 19.3. The number of esters is 1. The Bertz CT molecular complexity index is 219. The van der Waals surface area contributed by atoms with Crippen molar-refractivity contribution in [2.24, 2.45) is 17.1 Å². The van der Waals surface area contributed by atoms with Crippen LogP contribution in [0.25, 0.3) is 0 Å². The molecule has 1 aliphatic rings. The van der Waals surface area contributed by atoms with Gasteiger partial charge in [-0.3, -0.25) is 4.79 Å². The molecule has 5 heteroatoms. The van der Waals surface area contributed by atoms with Gasteiger partial charge in [0.2, 0.25) is 0 Å². The Morgan fingerprint density at radius 3 is 2.43 bits per heavy atom. The lowest BCUT2D eigenvalue weighted by Crippen LogP contribution is -2.53. The van der Waals surface area contributed by atoms with Crippen LogP contribution in [0.5, 0.6) is 0 Å². The minimum atomic E-state index is -2.75. The predicted octanol–water partition coefficient (Wildman–Crippen LogP) is 1.17. The van der Waals surface area contributed by atoms with E-state index in [1.165, 1.54) is 0 Å². The van der Waals surface area contributed by atoms with Crippen molar-refractivity contribution in [3.63, 3.8) is 0 Å². The largest absolute Gasteiger partial charge is 0.468 e. The number of hydrogen-bond acceptors (Lipinski definition) is 3. The van der Waals surface area contributed by atoms with Crippen LogP contribution in [-0.4, -0.2) is 26.0 Å². The van der Waals surface area contributed by atoms with Gasteiger partial charge in [-0.15, -0.1) is 0 Å². The highest BCUT2D eigenvalue weighted by Gasteiger charge is 2.54. The second-order valence-electron chi connectivity index (χ2n) is 3.66. The van der Waals surface area contributed by atoms with Gasteiger partial charge in [0.25, 0.3) is 6.43 Å². The molecule has 0 aromatic heterocycles. The molecule has 1 atom stereocenters. The smallest absolute Gasteiger partial charge is 0.319 e. The van der Waals surface area contributed by atoms with Gasteiger partial charge in [0.15, 0.2) is 0 Å². The minimum Gasteiger partial charge on any atom is -0.468 e. The SMILES string of the molecule is COC(=O)C(CN)(C(F)F)C1CCC1. The molecule has 1 fully saturated rings. The molecular weight excluding hydrogens is 192 g/mol. The van der Waals surface area contributed by atoms with Gasteiger partial charge < -0.3 is 10.5 Å². The lowest BCUT2D eigenvalue weighted by atomic mass is 9.65. The van der Waals surface area contributed by atoms with E-state index >= 15 is 0 Å². The van der Waals surface area contributed by atoms with Gasteiger partial charge in [0.1, 0.15) is 5.41 Å². The summed E-state index contributed by atoms with van der Waals surface area (Å²) in [6, 6.07) is 0. The molecule has 2 N–H and O–H groups in total. The summed E-state index contributed by atoms with van der Waals surface area (Å²) in [5.41, 5.74) is 3.54. The lowest BCUT2D eigenvalue weighted by Gasteiger charge is -2.41. The Hall–Kier alpha value is -0.710. The number of nitrogens with two attached hydrogens (primary N) is 1. The number of ether oxygens (including phenoxy) is 1. The Morgan fingerprint density at radius 1 is 1.64 bits per heavy atom. The van der Waals surface area contributed by atoms with Crippen LogP contribution in [0.4, 0.5) is 8.78 Å². The molecule has 3 nitrogen and oxygen atoms in total. The number of carbonyl (C=O) groups excluding carboxylic acids is 1. The number of methoxy groups -OCH3 is 1. The molecular formula is C9H15F2NO2. The summed E-state index contributed by atoms with van der Waals surface area (Å²) in [6.45, 7) is -0.345. The highest BCUT2D eigenvalue weighted by Crippen LogP contribution is 2.46. The van der Waals surface area contributed by atoms with Crippen molar-refractivity contribution in [3.8, 4) is 0 Å². The van der Waals surface area contributed by atoms with Crippen LogP contribution in [0.3, 0.4) is 0 Å². The third-order valence-corrected chi connectivity index (χ3v) is 3.13. The summed E-state index contributed by atoms with van der Waals surface area (Å²) in [5.74, 6) is -1.19. The zero-order valence-electron chi connectivity index (χ0n) is 8.13. The molecule has 0 aromatic rings. The quantitative estimate of drug-likeness (QED) is 0.704. The van der Waals surface area contributed by atoms with E-state index in [4.69, 9.17) is 5.73 Å². The molecule has 0 bridgehead atoms. The van der Waals surface area contributed by atoms with Gasteiger partial charge in [0, 0.05) is 6.54 Å². The second-order valence-corrected chi connectivity index (χ2v) is 3.66. The van der Waals surface area contributed by atoms with E-state index in [9.17, 15) is 13.6 Å². The van der Waals surface area contributed by atoms with E-state index in [-0.39, 0.29) is 12.5 Å².